The zero-order chi connectivity index (χ0) is 16.9. The Morgan fingerprint density at radius 2 is 1.75 bits per heavy atom. The van der Waals surface area contributed by atoms with Gasteiger partial charge in [-0.05, 0) is 24.7 Å². The summed E-state index contributed by atoms with van der Waals surface area (Å²) < 4.78 is 10.4. The first-order chi connectivity index (χ1) is 11.2. The number of nitrogens with zero attached hydrogens (tertiary/aromatic N) is 2. The van der Waals surface area contributed by atoms with E-state index in [0.29, 0.717) is 13.2 Å². The van der Waals surface area contributed by atoms with Crippen molar-refractivity contribution in [2.45, 2.75) is 26.7 Å². The molecule has 0 aromatic carbocycles. The third kappa shape index (κ3) is 11.4. The van der Waals surface area contributed by atoms with E-state index >= 15 is 0 Å². The minimum absolute atomic E-state index is 0. The number of methoxy groups -OCH3 is 1. The summed E-state index contributed by atoms with van der Waals surface area (Å²) in [5, 5.41) is 6.72. The van der Waals surface area contributed by atoms with Crippen LogP contribution in [0.4, 0.5) is 0 Å². The second-order valence-corrected chi connectivity index (χ2v) is 6.59. The number of hydrogen-bond acceptors (Lipinski definition) is 4. The highest BCUT2D eigenvalue weighted by molar-refractivity contribution is 14.0. The monoisotopic (exact) mass is 456 g/mol. The lowest BCUT2D eigenvalue weighted by Crippen LogP contribution is -2.45. The third-order valence-electron chi connectivity index (χ3n) is 4.08. The molecule has 1 saturated heterocycles. The molecule has 1 aliphatic heterocycles. The number of likely N-dealkylation sites (tertiary alicyclic amines) is 1. The summed E-state index contributed by atoms with van der Waals surface area (Å²) in [6.07, 6.45) is 2.32. The largest absolute Gasteiger partial charge is 0.382 e. The molecule has 0 saturated carbocycles. The SMILES string of the molecule is CN=C(NCCCOCCOC)NCCN1CC(C)CC(C)C1.I. The molecule has 24 heavy (non-hydrogen) atoms. The molecule has 1 aliphatic rings. The molecule has 1 heterocycles. The van der Waals surface area contributed by atoms with Crippen molar-refractivity contribution in [3.63, 3.8) is 0 Å². The van der Waals surface area contributed by atoms with Crippen molar-refractivity contribution >= 4 is 29.9 Å². The lowest BCUT2D eigenvalue weighted by atomic mass is 9.92. The number of guanidine groups is 1. The summed E-state index contributed by atoms with van der Waals surface area (Å²) in [4.78, 5) is 6.82. The predicted molar refractivity (Wildman–Crippen MR) is 111 cm³/mol. The zero-order valence-electron chi connectivity index (χ0n) is 15.8. The smallest absolute Gasteiger partial charge is 0.191 e. The van der Waals surface area contributed by atoms with Gasteiger partial charge in [0.05, 0.1) is 13.2 Å². The van der Waals surface area contributed by atoms with Gasteiger partial charge in [-0.1, -0.05) is 13.8 Å². The highest BCUT2D eigenvalue weighted by Gasteiger charge is 2.21. The van der Waals surface area contributed by atoms with E-state index in [-0.39, 0.29) is 24.0 Å². The molecule has 6 nitrogen and oxygen atoms in total. The van der Waals surface area contributed by atoms with Crippen molar-refractivity contribution in [1.82, 2.24) is 15.5 Å². The van der Waals surface area contributed by atoms with Crippen LogP contribution in [0.25, 0.3) is 0 Å². The minimum Gasteiger partial charge on any atom is -0.382 e. The molecular formula is C17H37IN4O2. The van der Waals surface area contributed by atoms with Crippen molar-refractivity contribution in [2.24, 2.45) is 16.8 Å². The molecule has 0 bridgehead atoms. The van der Waals surface area contributed by atoms with Crippen molar-refractivity contribution in [3.8, 4) is 0 Å². The van der Waals surface area contributed by atoms with Gasteiger partial charge in [0.1, 0.15) is 0 Å². The van der Waals surface area contributed by atoms with Crippen LogP contribution in [0, 0.1) is 11.8 Å². The van der Waals surface area contributed by atoms with Crippen molar-refractivity contribution < 1.29 is 9.47 Å². The van der Waals surface area contributed by atoms with E-state index in [0.717, 1.165) is 50.5 Å². The van der Waals surface area contributed by atoms with Gasteiger partial charge in [-0.25, -0.2) is 0 Å². The number of piperidine rings is 1. The van der Waals surface area contributed by atoms with Crippen LogP contribution in [-0.2, 0) is 9.47 Å². The first-order valence-corrected chi connectivity index (χ1v) is 8.89. The van der Waals surface area contributed by atoms with Crippen LogP contribution in [0.2, 0.25) is 0 Å². The summed E-state index contributed by atoms with van der Waals surface area (Å²) in [7, 11) is 3.50. The third-order valence-corrected chi connectivity index (χ3v) is 4.08. The number of rotatable bonds is 10. The van der Waals surface area contributed by atoms with Gasteiger partial charge in [-0.15, -0.1) is 24.0 Å². The van der Waals surface area contributed by atoms with Crippen LogP contribution in [-0.4, -0.2) is 77.6 Å². The number of halogens is 1. The Bertz CT molecular complexity index is 322. The average Bonchev–Trinajstić information content (AvgIpc) is 2.51. The van der Waals surface area contributed by atoms with E-state index in [1.807, 2.05) is 7.05 Å². The molecule has 7 heteroatoms. The summed E-state index contributed by atoms with van der Waals surface area (Å²) in [5.74, 6) is 2.50. The Morgan fingerprint density at radius 1 is 1.08 bits per heavy atom. The van der Waals surface area contributed by atoms with Crippen LogP contribution in [0.5, 0.6) is 0 Å². The van der Waals surface area contributed by atoms with E-state index in [1.54, 1.807) is 7.11 Å². The van der Waals surface area contributed by atoms with Gasteiger partial charge >= 0.3 is 0 Å². The lowest BCUT2D eigenvalue weighted by Gasteiger charge is -2.35. The van der Waals surface area contributed by atoms with Gasteiger partial charge in [0.15, 0.2) is 5.96 Å². The normalized spacial score (nSPS) is 22.1. The second kappa shape index (κ2) is 15.2. The van der Waals surface area contributed by atoms with Gasteiger partial charge in [-0.3, -0.25) is 4.99 Å². The maximum atomic E-state index is 5.44. The van der Waals surface area contributed by atoms with Crippen molar-refractivity contribution in [1.29, 1.82) is 0 Å². The van der Waals surface area contributed by atoms with Gasteiger partial charge in [0.25, 0.3) is 0 Å². The van der Waals surface area contributed by atoms with Crippen LogP contribution in [0.15, 0.2) is 4.99 Å². The van der Waals surface area contributed by atoms with Gasteiger partial charge < -0.3 is 25.0 Å². The molecule has 144 valence electrons. The van der Waals surface area contributed by atoms with Crippen LogP contribution < -0.4 is 10.6 Å². The van der Waals surface area contributed by atoms with Crippen molar-refractivity contribution in [3.05, 3.63) is 0 Å². The topological polar surface area (TPSA) is 58.1 Å². The molecule has 1 rings (SSSR count). The quantitative estimate of drug-likeness (QED) is 0.227. The Balaban J connectivity index is 0.00000529. The number of hydrogen-bond donors (Lipinski definition) is 2. The molecular weight excluding hydrogens is 419 g/mol. The predicted octanol–water partition coefficient (Wildman–Crippen LogP) is 1.80. The Hall–Kier alpha value is -0.120. The molecule has 0 spiro atoms. The fourth-order valence-electron chi connectivity index (χ4n) is 3.15. The fraction of sp³-hybridized carbons (Fsp3) is 0.941. The Morgan fingerprint density at radius 3 is 2.38 bits per heavy atom. The zero-order valence-corrected chi connectivity index (χ0v) is 18.2. The van der Waals surface area contributed by atoms with E-state index in [4.69, 9.17) is 9.47 Å². The molecule has 0 aliphatic carbocycles. The van der Waals surface area contributed by atoms with E-state index in [1.165, 1.54) is 19.5 Å². The standard InChI is InChI=1S/C17H36N4O2.HI/c1-15-12-16(2)14-21(13-15)8-7-20-17(18-3)19-6-5-9-23-11-10-22-4;/h15-16H,5-14H2,1-4H3,(H2,18,19,20);1H. The van der Waals surface area contributed by atoms with Crippen molar-refractivity contribution in [2.75, 3.05) is 66.7 Å². The van der Waals surface area contributed by atoms with E-state index in [2.05, 4.69) is 34.4 Å². The maximum absolute atomic E-state index is 5.44. The highest BCUT2D eigenvalue weighted by Crippen LogP contribution is 2.20. The number of ether oxygens (including phenoxy) is 2. The summed E-state index contributed by atoms with van der Waals surface area (Å²) in [6, 6.07) is 0. The van der Waals surface area contributed by atoms with Crippen LogP contribution in [0.3, 0.4) is 0 Å². The van der Waals surface area contributed by atoms with Gasteiger partial charge in [-0.2, -0.15) is 0 Å². The Kier molecular flexibility index (Phi) is 15.1. The van der Waals surface area contributed by atoms with Gasteiger partial charge in [0, 0.05) is 53.5 Å². The molecule has 2 unspecified atom stereocenters. The molecule has 2 N–H and O–H groups in total. The summed E-state index contributed by atoms with van der Waals surface area (Å²) in [5.41, 5.74) is 0. The summed E-state index contributed by atoms with van der Waals surface area (Å²) in [6.45, 7) is 12.1. The maximum Gasteiger partial charge on any atom is 0.191 e. The second-order valence-electron chi connectivity index (χ2n) is 6.59. The average molecular weight is 456 g/mol. The lowest BCUT2D eigenvalue weighted by molar-refractivity contribution is 0.0698. The molecule has 1 fully saturated rings. The first-order valence-electron chi connectivity index (χ1n) is 8.89. The number of nitrogens with one attached hydrogen (secondary N) is 2. The fourth-order valence-corrected chi connectivity index (χ4v) is 3.15. The van der Waals surface area contributed by atoms with Crippen LogP contribution in [0.1, 0.15) is 26.7 Å². The molecule has 0 amide bonds. The molecule has 0 radical (unpaired) electrons. The van der Waals surface area contributed by atoms with E-state index < -0.39 is 0 Å². The highest BCUT2D eigenvalue weighted by atomic mass is 127. The molecule has 0 aromatic heterocycles. The van der Waals surface area contributed by atoms with E-state index in [9.17, 15) is 0 Å². The van der Waals surface area contributed by atoms with Gasteiger partial charge in [0.2, 0.25) is 0 Å². The molecule has 2 atom stereocenters. The van der Waals surface area contributed by atoms with Crippen LogP contribution >= 0.6 is 24.0 Å². The number of aliphatic imine (C=N–C) groups is 1. The Labute approximate surface area is 165 Å². The summed E-state index contributed by atoms with van der Waals surface area (Å²) >= 11 is 0. The first kappa shape index (κ1) is 23.9. The molecule has 0 aromatic rings. The minimum atomic E-state index is 0.